The normalized spacial score (nSPS) is 32.9. The van der Waals surface area contributed by atoms with E-state index in [1.54, 1.807) is 24.3 Å². The first-order valence-corrected chi connectivity index (χ1v) is 7.49. The molecule has 4 nitrogen and oxygen atoms in total. The highest BCUT2D eigenvalue weighted by Crippen LogP contribution is 2.53. The van der Waals surface area contributed by atoms with Crippen LogP contribution in [0.15, 0.2) is 36.4 Å². The lowest BCUT2D eigenvalue weighted by molar-refractivity contribution is -0.123. The molecular formula is C17H17NO3. The van der Waals surface area contributed by atoms with E-state index in [4.69, 9.17) is 4.74 Å². The molecule has 1 heterocycles. The van der Waals surface area contributed by atoms with Gasteiger partial charge in [-0.3, -0.25) is 14.5 Å². The minimum Gasteiger partial charge on any atom is -0.494 e. The number of nitrogens with zero attached hydrogens (tertiary/aromatic N) is 1. The smallest absolute Gasteiger partial charge is 0.238 e. The Morgan fingerprint density at radius 3 is 2.14 bits per heavy atom. The van der Waals surface area contributed by atoms with E-state index in [9.17, 15) is 9.59 Å². The van der Waals surface area contributed by atoms with Crippen molar-refractivity contribution in [1.29, 1.82) is 0 Å². The van der Waals surface area contributed by atoms with Gasteiger partial charge in [0.1, 0.15) is 5.75 Å². The van der Waals surface area contributed by atoms with Gasteiger partial charge >= 0.3 is 0 Å². The molecule has 1 saturated heterocycles. The van der Waals surface area contributed by atoms with E-state index < -0.39 is 0 Å². The summed E-state index contributed by atoms with van der Waals surface area (Å²) in [6.07, 6.45) is 5.18. The second-order valence-corrected chi connectivity index (χ2v) is 5.94. The number of anilines is 1. The first-order valence-electron chi connectivity index (χ1n) is 7.49. The van der Waals surface area contributed by atoms with Crippen LogP contribution in [-0.2, 0) is 9.59 Å². The molecule has 1 aromatic rings. The molecule has 1 aromatic carbocycles. The maximum absolute atomic E-state index is 12.6. The number of ether oxygens (including phenoxy) is 1. The lowest BCUT2D eigenvalue weighted by Gasteiger charge is -2.17. The Morgan fingerprint density at radius 1 is 1.05 bits per heavy atom. The van der Waals surface area contributed by atoms with Gasteiger partial charge in [-0.05, 0) is 49.4 Å². The summed E-state index contributed by atoms with van der Waals surface area (Å²) in [5.41, 5.74) is 0.655. The van der Waals surface area contributed by atoms with Crippen LogP contribution < -0.4 is 9.64 Å². The average Bonchev–Trinajstić information content (AvgIpc) is 3.15. The maximum Gasteiger partial charge on any atom is 0.238 e. The van der Waals surface area contributed by atoms with Gasteiger partial charge in [0.2, 0.25) is 11.8 Å². The Kier molecular flexibility index (Phi) is 2.67. The third-order valence-corrected chi connectivity index (χ3v) is 4.88. The second kappa shape index (κ2) is 4.45. The molecule has 3 aliphatic rings. The molecular weight excluding hydrogens is 266 g/mol. The largest absolute Gasteiger partial charge is 0.494 e. The molecule has 0 N–H and O–H groups in total. The van der Waals surface area contributed by atoms with Gasteiger partial charge in [-0.15, -0.1) is 0 Å². The van der Waals surface area contributed by atoms with Crippen molar-refractivity contribution in [2.45, 2.75) is 13.3 Å². The van der Waals surface area contributed by atoms with Gasteiger partial charge in [0, 0.05) is 0 Å². The highest BCUT2D eigenvalue weighted by atomic mass is 16.5. The number of rotatable bonds is 3. The molecule has 0 radical (unpaired) electrons. The van der Waals surface area contributed by atoms with Crippen molar-refractivity contribution in [2.75, 3.05) is 11.5 Å². The van der Waals surface area contributed by atoms with Crippen LogP contribution in [-0.4, -0.2) is 18.4 Å². The fourth-order valence-corrected chi connectivity index (χ4v) is 4.01. The highest BCUT2D eigenvalue weighted by molar-refractivity contribution is 6.22. The molecule has 0 spiro atoms. The molecule has 1 aliphatic heterocycles. The topological polar surface area (TPSA) is 46.6 Å². The Balaban J connectivity index is 1.64. The van der Waals surface area contributed by atoms with Gasteiger partial charge in [-0.2, -0.15) is 0 Å². The predicted molar refractivity (Wildman–Crippen MR) is 77.8 cm³/mol. The lowest BCUT2D eigenvalue weighted by atomic mass is 9.85. The highest BCUT2D eigenvalue weighted by Gasteiger charge is 2.59. The van der Waals surface area contributed by atoms with Crippen molar-refractivity contribution in [3.05, 3.63) is 36.4 Å². The van der Waals surface area contributed by atoms with E-state index in [1.165, 1.54) is 4.90 Å². The van der Waals surface area contributed by atoms with Crippen LogP contribution in [0.4, 0.5) is 5.69 Å². The summed E-state index contributed by atoms with van der Waals surface area (Å²) in [5, 5.41) is 0. The minimum atomic E-state index is -0.140. The number of carbonyl (C=O) groups is 2. The fraction of sp³-hybridized carbons (Fsp3) is 0.412. The third kappa shape index (κ3) is 1.68. The second-order valence-electron chi connectivity index (χ2n) is 5.94. The molecule has 2 aliphatic carbocycles. The summed E-state index contributed by atoms with van der Waals surface area (Å²) in [6.45, 7) is 2.52. The number of benzene rings is 1. The van der Waals surface area contributed by atoms with Crippen molar-refractivity contribution >= 4 is 17.5 Å². The first kappa shape index (κ1) is 12.6. The molecule has 108 valence electrons. The van der Waals surface area contributed by atoms with E-state index in [2.05, 4.69) is 12.2 Å². The standard InChI is InChI=1S/C17H17NO3/c1-2-21-13-7-5-12(6-8-13)18-16(19)14-10-3-4-11(9-10)15(14)17(18)20/h3-8,10-11,14-15H,2,9H2,1H3/t10-,11-,14-,15+/m0/s1. The Hall–Kier alpha value is -2.10. The molecule has 4 rings (SSSR count). The van der Waals surface area contributed by atoms with Crippen LogP contribution in [0.3, 0.4) is 0 Å². The molecule has 0 unspecified atom stereocenters. The van der Waals surface area contributed by atoms with Gasteiger partial charge in [0.25, 0.3) is 0 Å². The number of hydrogen-bond acceptors (Lipinski definition) is 3. The van der Waals surface area contributed by atoms with Gasteiger partial charge in [-0.1, -0.05) is 12.2 Å². The minimum absolute atomic E-state index is 0.0361. The van der Waals surface area contributed by atoms with Gasteiger partial charge < -0.3 is 4.74 Å². The third-order valence-electron chi connectivity index (χ3n) is 4.88. The SMILES string of the molecule is CCOc1ccc(N2C(=O)[C@@H]3[C@H](C2=O)[C@H]2C=C[C@H]3C2)cc1. The van der Waals surface area contributed by atoms with E-state index in [0.717, 1.165) is 12.2 Å². The van der Waals surface area contributed by atoms with E-state index in [-0.39, 0.29) is 35.5 Å². The zero-order valence-corrected chi connectivity index (χ0v) is 11.9. The Bertz CT molecular complexity index is 604. The van der Waals surface area contributed by atoms with Crippen molar-refractivity contribution in [3.63, 3.8) is 0 Å². The summed E-state index contributed by atoms with van der Waals surface area (Å²) < 4.78 is 5.40. The zero-order valence-electron chi connectivity index (χ0n) is 11.9. The van der Waals surface area contributed by atoms with Crippen LogP contribution >= 0.6 is 0 Å². The first-order chi connectivity index (χ1) is 10.2. The number of hydrogen-bond donors (Lipinski definition) is 0. The Morgan fingerprint density at radius 2 is 1.62 bits per heavy atom. The predicted octanol–water partition coefficient (Wildman–Crippen LogP) is 2.40. The molecule has 2 bridgehead atoms. The fourth-order valence-electron chi connectivity index (χ4n) is 4.01. The molecule has 2 fully saturated rings. The molecule has 21 heavy (non-hydrogen) atoms. The van der Waals surface area contributed by atoms with E-state index >= 15 is 0 Å². The van der Waals surface area contributed by atoms with E-state index in [0.29, 0.717) is 12.3 Å². The van der Waals surface area contributed by atoms with Crippen LogP contribution in [0.1, 0.15) is 13.3 Å². The van der Waals surface area contributed by atoms with Gasteiger partial charge in [-0.25, -0.2) is 0 Å². The molecule has 4 heteroatoms. The van der Waals surface area contributed by atoms with Crippen LogP contribution in [0.2, 0.25) is 0 Å². The molecule has 2 amide bonds. The summed E-state index contributed by atoms with van der Waals surface area (Å²) in [7, 11) is 0. The number of amides is 2. The van der Waals surface area contributed by atoms with Gasteiger partial charge in [0.15, 0.2) is 0 Å². The molecule has 0 aromatic heterocycles. The van der Waals surface area contributed by atoms with Crippen LogP contribution in [0.5, 0.6) is 5.75 Å². The number of fused-ring (bicyclic) bond motifs is 5. The summed E-state index contributed by atoms with van der Waals surface area (Å²) in [4.78, 5) is 26.6. The van der Waals surface area contributed by atoms with Crippen molar-refractivity contribution < 1.29 is 14.3 Å². The monoisotopic (exact) mass is 283 g/mol. The number of imide groups is 1. The molecule has 4 atom stereocenters. The number of carbonyl (C=O) groups excluding carboxylic acids is 2. The van der Waals surface area contributed by atoms with Crippen molar-refractivity contribution in [3.8, 4) is 5.75 Å². The summed E-state index contributed by atoms with van der Waals surface area (Å²) in [6, 6.07) is 7.19. The van der Waals surface area contributed by atoms with Crippen LogP contribution in [0.25, 0.3) is 0 Å². The van der Waals surface area contributed by atoms with Gasteiger partial charge in [0.05, 0.1) is 24.1 Å². The number of allylic oxidation sites excluding steroid dienone is 2. The quantitative estimate of drug-likeness (QED) is 0.632. The van der Waals surface area contributed by atoms with Crippen molar-refractivity contribution in [2.24, 2.45) is 23.7 Å². The summed E-state index contributed by atoms with van der Waals surface area (Å²) in [5.74, 6) is 0.908. The van der Waals surface area contributed by atoms with Crippen LogP contribution in [0, 0.1) is 23.7 Å². The zero-order chi connectivity index (χ0) is 14.6. The maximum atomic E-state index is 12.6. The van der Waals surface area contributed by atoms with Crippen molar-refractivity contribution in [1.82, 2.24) is 0 Å². The average molecular weight is 283 g/mol. The van der Waals surface area contributed by atoms with E-state index in [1.807, 2.05) is 6.92 Å². The molecule has 1 saturated carbocycles. The Labute approximate surface area is 123 Å². The summed E-state index contributed by atoms with van der Waals surface area (Å²) >= 11 is 0. The lowest BCUT2D eigenvalue weighted by Crippen LogP contribution is -2.32.